The minimum atomic E-state index is -0.383. The number of anilines is 2. The highest BCUT2D eigenvalue weighted by atomic mass is 16.5. The molecule has 0 radical (unpaired) electrons. The number of ether oxygens (including phenoxy) is 1. The Kier molecular flexibility index (Phi) is 9.54. The summed E-state index contributed by atoms with van der Waals surface area (Å²) in [5, 5.41) is 17.8. The lowest BCUT2D eigenvalue weighted by Crippen LogP contribution is -2.47. The van der Waals surface area contributed by atoms with Crippen molar-refractivity contribution in [3.63, 3.8) is 0 Å². The topological polar surface area (TPSA) is 107 Å². The summed E-state index contributed by atoms with van der Waals surface area (Å²) in [6, 6.07) is 22.3. The zero-order valence-corrected chi connectivity index (χ0v) is 24.9. The molecule has 5 rings (SSSR count). The third-order valence-corrected chi connectivity index (χ3v) is 7.91. The first-order valence-corrected chi connectivity index (χ1v) is 14.6. The van der Waals surface area contributed by atoms with Crippen LogP contribution in [0.3, 0.4) is 0 Å². The molecule has 2 heterocycles. The number of hydrogen-bond donors (Lipinski definition) is 3. The Bertz CT molecular complexity index is 1560. The van der Waals surface area contributed by atoms with Crippen LogP contribution in [0.1, 0.15) is 25.0 Å². The number of carbonyl (C=O) groups is 2. The van der Waals surface area contributed by atoms with E-state index in [2.05, 4.69) is 27.4 Å². The zero-order valence-electron chi connectivity index (χ0n) is 24.9. The van der Waals surface area contributed by atoms with E-state index in [-0.39, 0.29) is 43.0 Å². The second-order valence-corrected chi connectivity index (χ2v) is 11.4. The minimum Gasteiger partial charge on any atom is -0.488 e. The summed E-state index contributed by atoms with van der Waals surface area (Å²) in [6.45, 7) is 5.62. The van der Waals surface area contributed by atoms with E-state index >= 15 is 0 Å². The lowest BCUT2D eigenvalue weighted by molar-refractivity contribution is -0.134. The summed E-state index contributed by atoms with van der Waals surface area (Å²) in [5.74, 6) is 0.510. The Morgan fingerprint density at radius 1 is 1.09 bits per heavy atom. The number of nitrogens with zero attached hydrogens (tertiary/aromatic N) is 3. The summed E-state index contributed by atoms with van der Waals surface area (Å²) in [4.78, 5) is 34.6. The Balaban J connectivity index is 1.37. The number of pyridine rings is 1. The van der Waals surface area contributed by atoms with Gasteiger partial charge in [0.2, 0.25) is 5.91 Å². The number of aliphatic hydroxyl groups excluding tert-OH is 1. The van der Waals surface area contributed by atoms with Crippen molar-refractivity contribution in [3.05, 3.63) is 96.3 Å². The van der Waals surface area contributed by atoms with Gasteiger partial charge in [-0.25, -0.2) is 4.79 Å². The van der Waals surface area contributed by atoms with E-state index in [1.165, 1.54) is 0 Å². The average molecular weight is 582 g/mol. The van der Waals surface area contributed by atoms with Crippen LogP contribution in [-0.4, -0.2) is 70.7 Å². The maximum atomic E-state index is 13.5. The van der Waals surface area contributed by atoms with Crippen molar-refractivity contribution in [1.29, 1.82) is 0 Å². The molecule has 0 bridgehead atoms. The van der Waals surface area contributed by atoms with Crippen LogP contribution in [0.4, 0.5) is 16.2 Å². The molecule has 3 aromatic carbocycles. The third kappa shape index (κ3) is 7.49. The molecule has 9 heteroatoms. The summed E-state index contributed by atoms with van der Waals surface area (Å²) in [5.41, 5.74) is 3.09. The molecule has 1 aliphatic rings. The maximum absolute atomic E-state index is 13.5. The third-order valence-electron chi connectivity index (χ3n) is 7.91. The molecule has 224 valence electrons. The van der Waals surface area contributed by atoms with E-state index in [1.807, 2.05) is 74.6 Å². The number of amides is 3. The minimum absolute atomic E-state index is 0.00642. The summed E-state index contributed by atoms with van der Waals surface area (Å²) < 4.78 is 6.63. The Morgan fingerprint density at radius 2 is 1.86 bits per heavy atom. The van der Waals surface area contributed by atoms with Crippen molar-refractivity contribution in [2.24, 2.45) is 5.92 Å². The largest absolute Gasteiger partial charge is 0.488 e. The number of carbonyl (C=O) groups excluding carboxylic acids is 2. The molecule has 0 spiro atoms. The van der Waals surface area contributed by atoms with Crippen LogP contribution < -0.4 is 15.4 Å². The van der Waals surface area contributed by atoms with Gasteiger partial charge in [0.15, 0.2) is 0 Å². The highest BCUT2D eigenvalue weighted by Gasteiger charge is 2.31. The molecule has 1 aromatic heterocycles. The van der Waals surface area contributed by atoms with Gasteiger partial charge in [-0.2, -0.15) is 0 Å². The molecule has 3 N–H and O–H groups in total. The second kappa shape index (κ2) is 13.7. The van der Waals surface area contributed by atoms with Gasteiger partial charge < -0.3 is 25.4 Å². The number of likely N-dealkylation sites (N-methyl/N-ethyl adjacent to an activating group) is 1. The smallest absolute Gasteiger partial charge is 0.323 e. The molecule has 3 atom stereocenters. The van der Waals surface area contributed by atoms with Gasteiger partial charge in [-0.15, -0.1) is 0 Å². The van der Waals surface area contributed by atoms with E-state index in [9.17, 15) is 14.7 Å². The number of hydrogen-bond acceptors (Lipinski definition) is 6. The summed E-state index contributed by atoms with van der Waals surface area (Å²) in [7, 11) is 2.05. The molecular weight excluding hydrogens is 542 g/mol. The average Bonchev–Trinajstić information content (AvgIpc) is 3.04. The Labute approximate surface area is 252 Å². The van der Waals surface area contributed by atoms with Gasteiger partial charge in [-0.05, 0) is 61.3 Å². The van der Waals surface area contributed by atoms with E-state index in [0.29, 0.717) is 35.8 Å². The first kappa shape index (κ1) is 30.0. The Hall–Kier alpha value is -4.47. The predicted molar refractivity (Wildman–Crippen MR) is 169 cm³/mol. The molecule has 3 amide bonds. The molecule has 0 aliphatic carbocycles. The van der Waals surface area contributed by atoms with Gasteiger partial charge in [0.05, 0.1) is 24.8 Å². The van der Waals surface area contributed by atoms with Gasteiger partial charge >= 0.3 is 6.03 Å². The van der Waals surface area contributed by atoms with Crippen LogP contribution >= 0.6 is 0 Å². The summed E-state index contributed by atoms with van der Waals surface area (Å²) >= 11 is 0. The quantitative estimate of drug-likeness (QED) is 0.265. The van der Waals surface area contributed by atoms with E-state index < -0.39 is 0 Å². The van der Waals surface area contributed by atoms with Crippen LogP contribution in [0.25, 0.3) is 10.8 Å². The molecule has 9 nitrogen and oxygen atoms in total. The van der Waals surface area contributed by atoms with Crippen LogP contribution in [0.15, 0.2) is 85.2 Å². The van der Waals surface area contributed by atoms with Crippen molar-refractivity contribution in [1.82, 2.24) is 14.8 Å². The standard InChI is InChI=1S/C34H39N5O4/c1-23-19-39(24(2)22-40)33(41)18-27-17-28(36-34(42)37-30-10-6-8-26-7-4-5-9-29(26)30)11-12-31(27)43-32(23)21-38(3)20-25-13-15-35-16-14-25/h4-17,23-24,32,40H,18-22H2,1-3H3,(H2,36,37,42)/t23-,24+,32-/m0/s1. The maximum Gasteiger partial charge on any atom is 0.323 e. The van der Waals surface area contributed by atoms with Gasteiger partial charge in [-0.3, -0.25) is 14.7 Å². The number of fused-ring (bicyclic) bond motifs is 2. The zero-order chi connectivity index (χ0) is 30.3. The van der Waals surface area contributed by atoms with Gasteiger partial charge in [0.25, 0.3) is 0 Å². The van der Waals surface area contributed by atoms with Gasteiger partial charge in [0, 0.05) is 54.6 Å². The van der Waals surface area contributed by atoms with Gasteiger partial charge in [0.1, 0.15) is 11.9 Å². The molecular formula is C34H39N5O4. The van der Waals surface area contributed by atoms with Crippen molar-refractivity contribution in [3.8, 4) is 5.75 Å². The van der Waals surface area contributed by atoms with E-state index in [4.69, 9.17) is 4.74 Å². The number of rotatable bonds is 8. The number of benzene rings is 3. The highest BCUT2D eigenvalue weighted by Crippen LogP contribution is 2.30. The number of urea groups is 1. The van der Waals surface area contributed by atoms with Crippen molar-refractivity contribution >= 4 is 34.1 Å². The first-order chi connectivity index (χ1) is 20.8. The lowest BCUT2D eigenvalue weighted by atomic mass is 10.0. The van der Waals surface area contributed by atoms with Crippen molar-refractivity contribution in [2.75, 3.05) is 37.4 Å². The molecule has 4 aromatic rings. The molecule has 0 saturated carbocycles. The monoisotopic (exact) mass is 581 g/mol. The first-order valence-electron chi connectivity index (χ1n) is 14.6. The van der Waals surface area contributed by atoms with Crippen molar-refractivity contribution in [2.45, 2.75) is 39.0 Å². The SMILES string of the molecule is C[C@H](CO)N1C[C@H](C)[C@H](CN(C)Cc2ccncc2)Oc2ccc(NC(=O)Nc3cccc4ccccc34)cc2CC1=O. The molecule has 43 heavy (non-hydrogen) atoms. The molecule has 1 aliphatic heterocycles. The fraction of sp³-hybridized carbons (Fsp3) is 0.324. The van der Waals surface area contributed by atoms with E-state index in [0.717, 1.165) is 22.9 Å². The molecule has 0 saturated heterocycles. The van der Waals surface area contributed by atoms with Crippen LogP contribution in [-0.2, 0) is 17.8 Å². The highest BCUT2D eigenvalue weighted by molar-refractivity contribution is 6.06. The van der Waals surface area contributed by atoms with Crippen molar-refractivity contribution < 1.29 is 19.4 Å². The Morgan fingerprint density at radius 3 is 2.65 bits per heavy atom. The fourth-order valence-electron chi connectivity index (χ4n) is 5.52. The number of aromatic nitrogens is 1. The van der Waals surface area contributed by atoms with Crippen LogP contribution in [0.5, 0.6) is 5.75 Å². The van der Waals surface area contributed by atoms with Crippen LogP contribution in [0, 0.1) is 5.92 Å². The lowest BCUT2D eigenvalue weighted by Gasteiger charge is -2.34. The molecule has 0 fully saturated rings. The van der Waals surface area contributed by atoms with Gasteiger partial charge in [-0.1, -0.05) is 43.3 Å². The second-order valence-electron chi connectivity index (χ2n) is 11.4. The number of nitrogens with one attached hydrogen (secondary N) is 2. The number of aliphatic hydroxyl groups is 1. The fourth-order valence-corrected chi connectivity index (χ4v) is 5.52. The molecule has 0 unspecified atom stereocenters. The normalized spacial score (nSPS) is 17.8. The van der Waals surface area contributed by atoms with Crippen LogP contribution in [0.2, 0.25) is 0 Å². The van der Waals surface area contributed by atoms with E-state index in [1.54, 1.807) is 29.4 Å². The summed E-state index contributed by atoms with van der Waals surface area (Å²) in [6.07, 6.45) is 3.43. The predicted octanol–water partition coefficient (Wildman–Crippen LogP) is 5.16.